The Morgan fingerprint density at radius 3 is 2.42 bits per heavy atom. The molecular weight excluding hydrogens is 522 g/mol. The number of fused-ring (bicyclic) bond motifs is 1. The smallest absolute Gasteiger partial charge is 0.253 e. The van der Waals surface area contributed by atoms with Crippen molar-refractivity contribution in [2.24, 2.45) is 0 Å². The second-order valence-corrected chi connectivity index (χ2v) is 10.2. The molecule has 0 spiro atoms. The molecule has 0 bridgehead atoms. The number of amides is 1. The summed E-state index contributed by atoms with van der Waals surface area (Å²) in [5, 5.41) is 1.65. The van der Waals surface area contributed by atoms with E-state index in [4.69, 9.17) is 26.3 Å². The van der Waals surface area contributed by atoms with Gasteiger partial charge in [0.2, 0.25) is 0 Å². The fraction of sp³-hybridized carbons (Fsp3) is 0.219. The SMILES string of the molecule is CCCOc1ccc(C(=O)N2CCN(c3ncnc4c3c(-c3ccccc3)cn4-c3cccc(Cl)c3)CC2)cc1. The number of carbonyl (C=O) groups is 1. The Labute approximate surface area is 238 Å². The zero-order chi connectivity index (χ0) is 27.5. The fourth-order valence-corrected chi connectivity index (χ4v) is 5.35. The van der Waals surface area contributed by atoms with E-state index < -0.39 is 0 Å². The minimum absolute atomic E-state index is 0.0339. The molecular formula is C32H30ClN5O2. The average Bonchev–Trinajstić information content (AvgIpc) is 3.41. The summed E-state index contributed by atoms with van der Waals surface area (Å²) >= 11 is 6.34. The molecule has 0 N–H and O–H groups in total. The maximum Gasteiger partial charge on any atom is 0.253 e. The molecule has 6 rings (SSSR count). The van der Waals surface area contributed by atoms with Gasteiger partial charge in [-0.1, -0.05) is 54.9 Å². The van der Waals surface area contributed by atoms with E-state index >= 15 is 0 Å². The lowest BCUT2D eigenvalue weighted by atomic mass is 10.1. The molecule has 0 saturated carbocycles. The minimum Gasteiger partial charge on any atom is -0.494 e. The van der Waals surface area contributed by atoms with E-state index in [1.54, 1.807) is 6.33 Å². The first-order valence-electron chi connectivity index (χ1n) is 13.6. The summed E-state index contributed by atoms with van der Waals surface area (Å²) in [6.45, 7) is 5.29. The molecule has 0 unspecified atom stereocenters. The van der Waals surface area contributed by atoms with Gasteiger partial charge in [0.1, 0.15) is 17.9 Å². The van der Waals surface area contributed by atoms with Crippen LogP contribution in [0.15, 0.2) is 91.4 Å². The van der Waals surface area contributed by atoms with Crippen LogP contribution in [-0.4, -0.2) is 58.1 Å². The highest BCUT2D eigenvalue weighted by Crippen LogP contribution is 2.37. The monoisotopic (exact) mass is 551 g/mol. The first-order valence-corrected chi connectivity index (χ1v) is 13.9. The van der Waals surface area contributed by atoms with E-state index in [1.807, 2.05) is 71.6 Å². The van der Waals surface area contributed by atoms with Crippen LogP contribution < -0.4 is 9.64 Å². The number of nitrogens with zero attached hydrogens (tertiary/aromatic N) is 5. The number of halogens is 1. The number of hydrogen-bond donors (Lipinski definition) is 0. The van der Waals surface area contributed by atoms with Crippen molar-refractivity contribution in [1.29, 1.82) is 0 Å². The number of anilines is 1. The number of benzene rings is 3. The first kappa shape index (κ1) is 25.9. The van der Waals surface area contributed by atoms with E-state index in [2.05, 4.69) is 34.7 Å². The summed E-state index contributed by atoms with van der Waals surface area (Å²) in [6, 6.07) is 25.5. The van der Waals surface area contributed by atoms with Crippen LogP contribution in [0, 0.1) is 0 Å². The summed E-state index contributed by atoms with van der Waals surface area (Å²) in [4.78, 5) is 26.9. The van der Waals surface area contributed by atoms with Crippen molar-refractivity contribution in [3.05, 3.63) is 102 Å². The lowest BCUT2D eigenvalue weighted by Crippen LogP contribution is -2.49. The molecule has 3 heterocycles. The molecule has 40 heavy (non-hydrogen) atoms. The topological polar surface area (TPSA) is 63.5 Å². The molecule has 0 aliphatic carbocycles. The van der Waals surface area contributed by atoms with E-state index in [0.29, 0.717) is 43.4 Å². The number of rotatable bonds is 7. The van der Waals surface area contributed by atoms with E-state index in [9.17, 15) is 4.79 Å². The Kier molecular flexibility index (Phi) is 7.38. The number of hydrogen-bond acceptors (Lipinski definition) is 5. The third kappa shape index (κ3) is 5.12. The van der Waals surface area contributed by atoms with Crippen molar-refractivity contribution in [2.45, 2.75) is 13.3 Å². The lowest BCUT2D eigenvalue weighted by molar-refractivity contribution is 0.0746. The molecule has 202 valence electrons. The van der Waals surface area contributed by atoms with Crippen molar-refractivity contribution in [1.82, 2.24) is 19.4 Å². The van der Waals surface area contributed by atoms with Gasteiger partial charge in [0.15, 0.2) is 5.65 Å². The first-order chi connectivity index (χ1) is 19.6. The van der Waals surface area contributed by atoms with Gasteiger partial charge >= 0.3 is 0 Å². The van der Waals surface area contributed by atoms with Crippen molar-refractivity contribution in [2.75, 3.05) is 37.7 Å². The summed E-state index contributed by atoms with van der Waals surface area (Å²) in [5.74, 6) is 1.69. The molecule has 8 heteroatoms. The van der Waals surface area contributed by atoms with Gasteiger partial charge in [-0.2, -0.15) is 0 Å². The third-order valence-electron chi connectivity index (χ3n) is 7.17. The molecule has 1 amide bonds. The summed E-state index contributed by atoms with van der Waals surface area (Å²) in [7, 11) is 0. The highest BCUT2D eigenvalue weighted by atomic mass is 35.5. The second-order valence-electron chi connectivity index (χ2n) is 9.81. The average molecular weight is 552 g/mol. The predicted octanol–water partition coefficient (Wildman–Crippen LogP) is 6.49. The lowest BCUT2D eigenvalue weighted by Gasteiger charge is -2.35. The quantitative estimate of drug-likeness (QED) is 0.231. The summed E-state index contributed by atoms with van der Waals surface area (Å²) in [5.41, 5.74) is 4.56. The van der Waals surface area contributed by atoms with Crippen molar-refractivity contribution >= 4 is 34.4 Å². The largest absolute Gasteiger partial charge is 0.494 e. The molecule has 0 radical (unpaired) electrons. The van der Waals surface area contributed by atoms with Gasteiger partial charge in [-0.3, -0.25) is 4.79 Å². The molecule has 1 saturated heterocycles. The van der Waals surface area contributed by atoms with Gasteiger partial charge in [-0.15, -0.1) is 0 Å². The highest BCUT2D eigenvalue weighted by Gasteiger charge is 2.26. The van der Waals surface area contributed by atoms with Crippen LogP contribution in [0.5, 0.6) is 5.75 Å². The molecule has 1 aliphatic rings. The van der Waals surface area contributed by atoms with Crippen LogP contribution in [0.3, 0.4) is 0 Å². The predicted molar refractivity (Wildman–Crippen MR) is 160 cm³/mol. The van der Waals surface area contributed by atoms with Crippen molar-refractivity contribution in [3.8, 4) is 22.6 Å². The minimum atomic E-state index is 0.0339. The number of aromatic nitrogens is 3. The number of piperazine rings is 1. The van der Waals surface area contributed by atoms with Gasteiger partial charge < -0.3 is 19.1 Å². The van der Waals surface area contributed by atoms with E-state index in [-0.39, 0.29) is 5.91 Å². The molecule has 1 aliphatic heterocycles. The zero-order valence-electron chi connectivity index (χ0n) is 22.3. The Bertz CT molecular complexity index is 1630. The Hall–Kier alpha value is -4.36. The van der Waals surface area contributed by atoms with Gasteiger partial charge in [0.25, 0.3) is 5.91 Å². The highest BCUT2D eigenvalue weighted by molar-refractivity contribution is 6.30. The van der Waals surface area contributed by atoms with Crippen molar-refractivity contribution in [3.63, 3.8) is 0 Å². The fourth-order valence-electron chi connectivity index (χ4n) is 5.16. The molecule has 2 aromatic heterocycles. The molecule has 5 aromatic rings. The van der Waals surface area contributed by atoms with Crippen LogP contribution in [0.25, 0.3) is 27.8 Å². The maximum atomic E-state index is 13.2. The van der Waals surface area contributed by atoms with Crippen LogP contribution >= 0.6 is 11.6 Å². The Morgan fingerprint density at radius 2 is 1.70 bits per heavy atom. The Balaban J connectivity index is 1.29. The summed E-state index contributed by atoms with van der Waals surface area (Å²) < 4.78 is 7.73. The maximum absolute atomic E-state index is 13.2. The van der Waals surface area contributed by atoms with Gasteiger partial charge in [0.05, 0.1) is 12.0 Å². The normalized spacial score (nSPS) is 13.6. The standard InChI is InChI=1S/C32H30ClN5O2/c1-2-19-40-27-13-11-24(12-14-27)32(39)37-17-15-36(16-18-37)30-29-28(23-7-4-3-5-8-23)21-38(31(29)35-22-34-30)26-10-6-9-25(33)20-26/h3-14,20-22H,2,15-19H2,1H3. The molecule has 0 atom stereocenters. The van der Waals surface area contributed by atoms with Crippen molar-refractivity contribution < 1.29 is 9.53 Å². The third-order valence-corrected chi connectivity index (χ3v) is 7.41. The van der Waals surface area contributed by atoms with Crippen LogP contribution in [0.2, 0.25) is 5.02 Å². The van der Waals surface area contributed by atoms with Crippen LogP contribution in [0.4, 0.5) is 5.82 Å². The number of carbonyl (C=O) groups excluding carboxylic acids is 1. The number of ether oxygens (including phenoxy) is 1. The summed E-state index contributed by atoms with van der Waals surface area (Å²) in [6.07, 6.45) is 4.67. The molecule has 7 nitrogen and oxygen atoms in total. The van der Waals surface area contributed by atoms with Gasteiger partial charge in [-0.25, -0.2) is 9.97 Å². The van der Waals surface area contributed by atoms with E-state index in [1.165, 1.54) is 0 Å². The van der Waals surface area contributed by atoms with Crippen LogP contribution in [-0.2, 0) is 0 Å². The van der Waals surface area contributed by atoms with Crippen LogP contribution in [0.1, 0.15) is 23.7 Å². The second kappa shape index (κ2) is 11.4. The van der Waals surface area contributed by atoms with Gasteiger partial charge in [-0.05, 0) is 54.4 Å². The molecule has 3 aromatic carbocycles. The molecule has 1 fully saturated rings. The van der Waals surface area contributed by atoms with Gasteiger partial charge in [0, 0.05) is 54.2 Å². The zero-order valence-corrected chi connectivity index (χ0v) is 23.1. The Morgan fingerprint density at radius 1 is 0.925 bits per heavy atom. The van der Waals surface area contributed by atoms with E-state index in [0.717, 1.165) is 45.8 Å².